The lowest BCUT2D eigenvalue weighted by Gasteiger charge is -2.10. The number of carbonyl (C=O) groups excluding carboxylic acids is 1. The quantitative estimate of drug-likeness (QED) is 0.499. The predicted octanol–water partition coefficient (Wildman–Crippen LogP) is 3.85. The highest BCUT2D eigenvalue weighted by molar-refractivity contribution is 7.84. The molecule has 0 aliphatic carbocycles. The van der Waals surface area contributed by atoms with Crippen molar-refractivity contribution < 1.29 is 18.2 Å². The third kappa shape index (κ3) is 3.71. The maximum Gasteiger partial charge on any atom is 0.339 e. The number of fused-ring (bicyclic) bond motifs is 1. The van der Waals surface area contributed by atoms with E-state index in [1.165, 1.54) is 12.3 Å². The van der Waals surface area contributed by atoms with E-state index in [1.54, 1.807) is 43.3 Å². The van der Waals surface area contributed by atoms with E-state index in [2.05, 4.69) is 0 Å². The minimum Gasteiger partial charge on any atom is -0.457 e. The van der Waals surface area contributed by atoms with Crippen molar-refractivity contribution in [2.45, 2.75) is 18.4 Å². The molecule has 134 valence electrons. The van der Waals surface area contributed by atoms with E-state index in [4.69, 9.17) is 20.8 Å². The van der Waals surface area contributed by atoms with Crippen LogP contribution in [0.4, 0.5) is 0 Å². The van der Waals surface area contributed by atoms with Crippen LogP contribution in [0.15, 0.2) is 56.6 Å². The molecule has 0 unspecified atom stereocenters. The molecule has 0 saturated carbocycles. The first kappa shape index (κ1) is 18.4. The van der Waals surface area contributed by atoms with Crippen LogP contribution in [0.2, 0.25) is 5.02 Å². The van der Waals surface area contributed by atoms with Crippen LogP contribution in [0.5, 0.6) is 0 Å². The molecule has 0 aliphatic rings. The predicted molar refractivity (Wildman–Crippen MR) is 100 cm³/mol. The molecular weight excluding hydrogens is 376 g/mol. The van der Waals surface area contributed by atoms with Gasteiger partial charge in [0.2, 0.25) is 0 Å². The van der Waals surface area contributed by atoms with Crippen LogP contribution in [0.25, 0.3) is 11.0 Å². The minimum atomic E-state index is -1.32. The Morgan fingerprint density at radius 1 is 1.23 bits per heavy atom. The van der Waals surface area contributed by atoms with Crippen molar-refractivity contribution >= 4 is 39.3 Å². The highest BCUT2D eigenvalue weighted by Gasteiger charge is 2.16. The number of ether oxygens (including phenoxy) is 1. The van der Waals surface area contributed by atoms with Crippen LogP contribution in [0.3, 0.4) is 0 Å². The third-order valence-electron chi connectivity index (χ3n) is 3.88. The fourth-order valence-corrected chi connectivity index (χ4v) is 3.47. The Hall–Kier alpha value is -2.44. The van der Waals surface area contributed by atoms with Crippen LogP contribution in [-0.2, 0) is 22.1 Å². The topological polar surface area (TPSA) is 73.6 Å². The Balaban J connectivity index is 1.93. The van der Waals surface area contributed by atoms with Gasteiger partial charge in [0.05, 0.1) is 21.3 Å². The standard InChI is InChI=1S/C19H15ClO5S/c1-11-7-16-14(9-15(11)20)12(8-18(21)25-16)10-24-19(22)13-5-3-4-6-17(13)26(2)23/h3-9H,10H2,1-2H3/t26-/m0/s1. The summed E-state index contributed by atoms with van der Waals surface area (Å²) in [6.45, 7) is 1.67. The average Bonchev–Trinajstić information content (AvgIpc) is 2.60. The third-order valence-corrected chi connectivity index (χ3v) is 5.27. The summed E-state index contributed by atoms with van der Waals surface area (Å²) in [7, 11) is -1.32. The molecule has 0 spiro atoms. The number of hydrogen-bond donors (Lipinski definition) is 0. The van der Waals surface area contributed by atoms with Crippen LogP contribution < -0.4 is 5.63 Å². The van der Waals surface area contributed by atoms with Crippen molar-refractivity contribution in [1.82, 2.24) is 0 Å². The normalized spacial score (nSPS) is 12.1. The van der Waals surface area contributed by atoms with Gasteiger partial charge in [-0.2, -0.15) is 0 Å². The van der Waals surface area contributed by atoms with Gasteiger partial charge in [0.15, 0.2) is 0 Å². The maximum atomic E-state index is 12.4. The molecule has 1 heterocycles. The van der Waals surface area contributed by atoms with Crippen molar-refractivity contribution in [3.05, 3.63) is 74.6 Å². The molecule has 0 N–H and O–H groups in total. The minimum absolute atomic E-state index is 0.134. The lowest BCUT2D eigenvalue weighted by molar-refractivity contribution is 0.0469. The van der Waals surface area contributed by atoms with E-state index in [9.17, 15) is 13.8 Å². The Labute approximate surface area is 157 Å². The average molecular weight is 391 g/mol. The van der Waals surface area contributed by atoms with Crippen LogP contribution in [-0.4, -0.2) is 16.4 Å². The molecule has 1 aromatic heterocycles. The van der Waals surface area contributed by atoms with E-state index in [1.807, 2.05) is 0 Å². The summed E-state index contributed by atoms with van der Waals surface area (Å²) in [5, 5.41) is 1.12. The second kappa shape index (κ2) is 7.43. The number of hydrogen-bond acceptors (Lipinski definition) is 5. The molecule has 0 amide bonds. The van der Waals surface area contributed by atoms with Gasteiger partial charge in [0.25, 0.3) is 0 Å². The highest BCUT2D eigenvalue weighted by atomic mass is 35.5. The Kier molecular flexibility index (Phi) is 5.25. The summed E-state index contributed by atoms with van der Waals surface area (Å²) >= 11 is 6.15. The first-order valence-corrected chi connectivity index (χ1v) is 9.63. The SMILES string of the molecule is Cc1cc2oc(=O)cc(COC(=O)c3ccccc3[S@](C)=O)c2cc1Cl. The zero-order valence-corrected chi connectivity index (χ0v) is 15.6. The van der Waals surface area contributed by atoms with Crippen molar-refractivity contribution in [2.75, 3.05) is 6.26 Å². The van der Waals surface area contributed by atoms with Crippen molar-refractivity contribution in [3.63, 3.8) is 0 Å². The summed E-state index contributed by atoms with van der Waals surface area (Å²) in [6, 6.07) is 11.1. The van der Waals surface area contributed by atoms with E-state index in [0.29, 0.717) is 26.5 Å². The molecule has 0 bridgehead atoms. The number of halogens is 1. The Bertz CT molecular complexity index is 1090. The fraction of sp³-hybridized carbons (Fsp3) is 0.158. The summed E-state index contributed by atoms with van der Waals surface area (Å²) in [4.78, 5) is 24.6. The molecule has 5 nitrogen and oxygen atoms in total. The van der Waals surface area contributed by atoms with Gasteiger partial charge in [0.1, 0.15) is 12.2 Å². The number of esters is 1. The molecule has 0 saturated heterocycles. The fourth-order valence-electron chi connectivity index (χ4n) is 2.57. The number of rotatable bonds is 4. The van der Waals surface area contributed by atoms with Crippen LogP contribution in [0, 0.1) is 6.92 Å². The lowest BCUT2D eigenvalue weighted by atomic mass is 10.1. The van der Waals surface area contributed by atoms with Gasteiger partial charge < -0.3 is 9.15 Å². The number of carbonyl (C=O) groups is 1. The molecule has 26 heavy (non-hydrogen) atoms. The Morgan fingerprint density at radius 3 is 2.69 bits per heavy atom. The van der Waals surface area contributed by atoms with Gasteiger partial charge in [-0.25, -0.2) is 9.59 Å². The second-order valence-electron chi connectivity index (χ2n) is 5.71. The van der Waals surface area contributed by atoms with Gasteiger partial charge in [-0.15, -0.1) is 0 Å². The molecule has 2 aromatic carbocycles. The van der Waals surface area contributed by atoms with Gasteiger partial charge in [0, 0.05) is 28.3 Å². The van der Waals surface area contributed by atoms with E-state index in [-0.39, 0.29) is 12.2 Å². The molecule has 1 atom stereocenters. The summed E-state index contributed by atoms with van der Waals surface area (Å²) in [5.41, 5.74) is 1.33. The lowest BCUT2D eigenvalue weighted by Crippen LogP contribution is -2.10. The monoisotopic (exact) mass is 390 g/mol. The zero-order valence-electron chi connectivity index (χ0n) is 14.1. The summed E-state index contributed by atoms with van der Waals surface area (Å²) in [6.07, 6.45) is 1.49. The summed E-state index contributed by atoms with van der Waals surface area (Å²) < 4.78 is 22.3. The number of aryl methyl sites for hydroxylation is 1. The van der Waals surface area contributed by atoms with Crippen molar-refractivity contribution in [3.8, 4) is 0 Å². The van der Waals surface area contributed by atoms with Gasteiger partial charge in [-0.1, -0.05) is 23.7 Å². The van der Waals surface area contributed by atoms with Gasteiger partial charge >= 0.3 is 11.6 Å². The van der Waals surface area contributed by atoms with Crippen molar-refractivity contribution in [2.24, 2.45) is 0 Å². The van der Waals surface area contributed by atoms with Gasteiger partial charge in [-0.05, 0) is 36.8 Å². The second-order valence-corrected chi connectivity index (χ2v) is 7.47. The van der Waals surface area contributed by atoms with Gasteiger partial charge in [-0.3, -0.25) is 4.21 Å². The van der Waals surface area contributed by atoms with Crippen LogP contribution >= 0.6 is 11.6 Å². The van der Waals surface area contributed by atoms with E-state index in [0.717, 1.165) is 5.56 Å². The number of benzene rings is 2. The zero-order chi connectivity index (χ0) is 18.8. The molecular formula is C19H15ClO5S. The maximum absolute atomic E-state index is 12.4. The Morgan fingerprint density at radius 2 is 1.96 bits per heavy atom. The molecule has 3 aromatic rings. The van der Waals surface area contributed by atoms with Crippen molar-refractivity contribution in [1.29, 1.82) is 0 Å². The smallest absolute Gasteiger partial charge is 0.339 e. The molecule has 0 fully saturated rings. The molecule has 0 radical (unpaired) electrons. The first-order chi connectivity index (χ1) is 12.4. The first-order valence-electron chi connectivity index (χ1n) is 7.69. The molecule has 0 aliphatic heterocycles. The largest absolute Gasteiger partial charge is 0.457 e. The molecule has 3 rings (SSSR count). The van der Waals surface area contributed by atoms with E-state index >= 15 is 0 Å². The molecule has 7 heteroatoms. The summed E-state index contributed by atoms with van der Waals surface area (Å²) in [5.74, 6) is -0.615. The van der Waals surface area contributed by atoms with Crippen LogP contribution in [0.1, 0.15) is 21.5 Å². The van der Waals surface area contributed by atoms with E-state index < -0.39 is 22.4 Å². The highest BCUT2D eigenvalue weighted by Crippen LogP contribution is 2.26.